The fourth-order valence-corrected chi connectivity index (χ4v) is 1.64. The molecule has 110 valence electrons. The van der Waals surface area contributed by atoms with Crippen LogP contribution in [0.25, 0.3) is 0 Å². The lowest BCUT2D eigenvalue weighted by Crippen LogP contribution is -2.24. The molecule has 5 heteroatoms. The van der Waals surface area contributed by atoms with E-state index in [-0.39, 0.29) is 18.7 Å². The molecule has 0 heterocycles. The van der Waals surface area contributed by atoms with Crippen molar-refractivity contribution >= 4 is 17.6 Å². The van der Waals surface area contributed by atoms with Crippen LogP contribution in [0, 0.1) is 12.7 Å². The molecule has 4 nitrogen and oxygen atoms in total. The van der Waals surface area contributed by atoms with E-state index in [2.05, 4.69) is 5.32 Å². The lowest BCUT2D eigenvalue weighted by atomic mass is 10.2. The Kier molecular flexibility index (Phi) is 5.25. The summed E-state index contributed by atoms with van der Waals surface area (Å²) in [6.07, 6.45) is 0.00186. The number of anilines is 1. The van der Waals surface area contributed by atoms with E-state index in [9.17, 15) is 14.0 Å². The Morgan fingerprint density at radius 2 is 1.85 bits per heavy atom. The van der Waals surface area contributed by atoms with E-state index in [0.717, 1.165) is 0 Å². The second-order valence-corrected chi connectivity index (χ2v) is 5.65. The fourth-order valence-electron chi connectivity index (χ4n) is 1.64. The van der Waals surface area contributed by atoms with E-state index in [4.69, 9.17) is 4.74 Å². The molecule has 0 aliphatic carbocycles. The van der Waals surface area contributed by atoms with Gasteiger partial charge in [0.05, 0.1) is 6.42 Å². The zero-order chi connectivity index (χ0) is 15.3. The molecule has 0 unspecified atom stereocenters. The van der Waals surface area contributed by atoms with Gasteiger partial charge >= 0.3 is 5.97 Å². The SMILES string of the molecule is Cc1cc(F)cc(NC(=O)CCC(=O)OC(C)(C)C)c1. The molecule has 1 amide bonds. The topological polar surface area (TPSA) is 55.4 Å². The molecule has 0 radical (unpaired) electrons. The van der Waals surface area contributed by atoms with Crippen LogP contribution in [0.4, 0.5) is 10.1 Å². The van der Waals surface area contributed by atoms with Gasteiger partial charge in [-0.2, -0.15) is 0 Å². The molecule has 1 aromatic rings. The first kappa shape index (κ1) is 16.1. The zero-order valence-corrected chi connectivity index (χ0v) is 12.2. The van der Waals surface area contributed by atoms with Crippen LogP contribution >= 0.6 is 0 Å². The van der Waals surface area contributed by atoms with Gasteiger partial charge in [-0.05, 0) is 51.5 Å². The molecular formula is C15H20FNO3. The van der Waals surface area contributed by atoms with Crippen molar-refractivity contribution in [2.24, 2.45) is 0 Å². The monoisotopic (exact) mass is 281 g/mol. The number of amides is 1. The third-order valence-electron chi connectivity index (χ3n) is 2.30. The molecule has 0 aromatic heterocycles. The Balaban J connectivity index is 2.46. The van der Waals surface area contributed by atoms with Gasteiger partial charge in [-0.3, -0.25) is 9.59 Å². The first-order valence-corrected chi connectivity index (χ1v) is 6.44. The molecule has 20 heavy (non-hydrogen) atoms. The number of carbonyl (C=O) groups is 2. The highest BCUT2D eigenvalue weighted by Crippen LogP contribution is 2.14. The van der Waals surface area contributed by atoms with Crippen molar-refractivity contribution in [1.82, 2.24) is 0 Å². The Labute approximate surface area is 118 Å². The molecule has 0 fully saturated rings. The van der Waals surface area contributed by atoms with Crippen LogP contribution in [0.5, 0.6) is 0 Å². The van der Waals surface area contributed by atoms with E-state index >= 15 is 0 Å². The maximum absolute atomic E-state index is 13.2. The van der Waals surface area contributed by atoms with Gasteiger partial charge < -0.3 is 10.1 Å². The van der Waals surface area contributed by atoms with Crippen molar-refractivity contribution in [3.8, 4) is 0 Å². The molecule has 1 rings (SSSR count). The summed E-state index contributed by atoms with van der Waals surface area (Å²) in [6, 6.07) is 4.27. The van der Waals surface area contributed by atoms with Crippen molar-refractivity contribution in [1.29, 1.82) is 0 Å². The van der Waals surface area contributed by atoms with Gasteiger partial charge in [0.15, 0.2) is 0 Å². The van der Waals surface area contributed by atoms with Gasteiger partial charge in [-0.15, -0.1) is 0 Å². The first-order chi connectivity index (χ1) is 9.15. The maximum atomic E-state index is 13.2. The van der Waals surface area contributed by atoms with E-state index in [0.29, 0.717) is 11.3 Å². The number of hydrogen-bond acceptors (Lipinski definition) is 3. The van der Waals surface area contributed by atoms with Crippen molar-refractivity contribution in [2.45, 2.75) is 46.1 Å². The molecule has 0 aliphatic rings. The van der Waals surface area contributed by atoms with Gasteiger partial charge in [0.25, 0.3) is 0 Å². The molecule has 0 saturated heterocycles. The average Bonchev–Trinajstić information content (AvgIpc) is 2.22. The maximum Gasteiger partial charge on any atom is 0.306 e. The van der Waals surface area contributed by atoms with Crippen LogP contribution in [0.1, 0.15) is 39.2 Å². The largest absolute Gasteiger partial charge is 0.460 e. The van der Waals surface area contributed by atoms with Gasteiger partial charge in [0, 0.05) is 12.1 Å². The van der Waals surface area contributed by atoms with Gasteiger partial charge in [-0.25, -0.2) is 4.39 Å². The zero-order valence-electron chi connectivity index (χ0n) is 12.2. The van der Waals surface area contributed by atoms with Crippen LogP contribution in [0.2, 0.25) is 0 Å². The predicted octanol–water partition coefficient (Wildman–Crippen LogP) is 3.19. The Hall–Kier alpha value is -1.91. The van der Waals surface area contributed by atoms with Crippen molar-refractivity contribution < 1.29 is 18.7 Å². The van der Waals surface area contributed by atoms with Crippen LogP contribution in [0.3, 0.4) is 0 Å². The minimum absolute atomic E-state index is 0.00258. The summed E-state index contributed by atoms with van der Waals surface area (Å²) in [4.78, 5) is 23.1. The molecule has 0 saturated carbocycles. The van der Waals surface area contributed by atoms with E-state index in [1.165, 1.54) is 12.1 Å². The Morgan fingerprint density at radius 1 is 1.20 bits per heavy atom. The molecule has 0 bridgehead atoms. The summed E-state index contributed by atoms with van der Waals surface area (Å²) in [6.45, 7) is 7.03. The Bertz CT molecular complexity index is 486. The van der Waals surface area contributed by atoms with E-state index in [1.807, 2.05) is 0 Å². The second-order valence-electron chi connectivity index (χ2n) is 5.65. The summed E-state index contributed by atoms with van der Waals surface area (Å²) < 4.78 is 18.3. The molecular weight excluding hydrogens is 261 g/mol. The number of halogens is 1. The number of nitrogens with one attached hydrogen (secondary N) is 1. The Morgan fingerprint density at radius 3 is 2.40 bits per heavy atom. The van der Waals surface area contributed by atoms with E-state index in [1.54, 1.807) is 33.8 Å². The summed E-state index contributed by atoms with van der Waals surface area (Å²) in [5, 5.41) is 2.56. The van der Waals surface area contributed by atoms with Gasteiger partial charge in [0.1, 0.15) is 11.4 Å². The highest BCUT2D eigenvalue weighted by Gasteiger charge is 2.17. The number of ether oxygens (including phenoxy) is 1. The van der Waals surface area contributed by atoms with Crippen LogP contribution < -0.4 is 5.32 Å². The molecule has 1 aromatic carbocycles. The molecule has 0 spiro atoms. The summed E-state index contributed by atoms with van der Waals surface area (Å²) in [5.74, 6) is -1.18. The number of esters is 1. The van der Waals surface area contributed by atoms with Crippen molar-refractivity contribution in [3.63, 3.8) is 0 Å². The smallest absolute Gasteiger partial charge is 0.306 e. The van der Waals surface area contributed by atoms with Crippen molar-refractivity contribution in [2.75, 3.05) is 5.32 Å². The van der Waals surface area contributed by atoms with Crippen LogP contribution in [-0.4, -0.2) is 17.5 Å². The number of benzene rings is 1. The van der Waals surface area contributed by atoms with Crippen LogP contribution in [-0.2, 0) is 14.3 Å². The van der Waals surface area contributed by atoms with Crippen molar-refractivity contribution in [3.05, 3.63) is 29.6 Å². The second kappa shape index (κ2) is 6.50. The highest BCUT2D eigenvalue weighted by molar-refractivity contribution is 5.92. The molecule has 1 N–H and O–H groups in total. The number of hydrogen-bond donors (Lipinski definition) is 1. The summed E-state index contributed by atoms with van der Waals surface area (Å²) in [7, 11) is 0. The number of carbonyl (C=O) groups excluding carboxylic acids is 2. The lowest BCUT2D eigenvalue weighted by Gasteiger charge is -2.19. The quantitative estimate of drug-likeness (QED) is 0.862. The minimum Gasteiger partial charge on any atom is -0.460 e. The third kappa shape index (κ3) is 6.31. The first-order valence-electron chi connectivity index (χ1n) is 6.44. The fraction of sp³-hybridized carbons (Fsp3) is 0.467. The minimum atomic E-state index is -0.562. The summed E-state index contributed by atoms with van der Waals surface area (Å²) in [5.41, 5.74) is 0.539. The predicted molar refractivity (Wildman–Crippen MR) is 74.8 cm³/mol. The van der Waals surface area contributed by atoms with E-state index < -0.39 is 17.4 Å². The third-order valence-corrected chi connectivity index (χ3v) is 2.30. The lowest BCUT2D eigenvalue weighted by molar-refractivity contribution is -0.155. The van der Waals surface area contributed by atoms with Crippen LogP contribution in [0.15, 0.2) is 18.2 Å². The highest BCUT2D eigenvalue weighted by atomic mass is 19.1. The number of aryl methyl sites for hydroxylation is 1. The van der Waals surface area contributed by atoms with Gasteiger partial charge in [-0.1, -0.05) is 0 Å². The standard InChI is InChI=1S/C15H20FNO3/c1-10-7-11(16)9-12(8-10)17-13(18)5-6-14(19)20-15(2,3)4/h7-9H,5-6H2,1-4H3,(H,17,18). The molecule has 0 atom stereocenters. The number of rotatable bonds is 4. The normalized spacial score (nSPS) is 11.1. The molecule has 0 aliphatic heterocycles. The van der Waals surface area contributed by atoms with Gasteiger partial charge in [0.2, 0.25) is 5.91 Å². The average molecular weight is 281 g/mol. The summed E-state index contributed by atoms with van der Waals surface area (Å²) >= 11 is 0.